The summed E-state index contributed by atoms with van der Waals surface area (Å²) in [4.78, 5) is 25.6. The lowest BCUT2D eigenvalue weighted by Crippen LogP contribution is -2.34. The van der Waals surface area contributed by atoms with Crippen molar-refractivity contribution in [3.8, 4) is 0 Å². The van der Waals surface area contributed by atoms with Crippen LogP contribution in [0.15, 0.2) is 18.2 Å². The van der Waals surface area contributed by atoms with E-state index in [1.807, 2.05) is 11.8 Å². The molecule has 1 saturated heterocycles. The van der Waals surface area contributed by atoms with Gasteiger partial charge in [0.25, 0.3) is 0 Å². The van der Waals surface area contributed by atoms with Crippen LogP contribution in [0.5, 0.6) is 0 Å². The molecule has 2 N–H and O–H groups in total. The molecule has 3 atom stereocenters. The highest BCUT2D eigenvalue weighted by molar-refractivity contribution is 5.82. The van der Waals surface area contributed by atoms with Crippen molar-refractivity contribution in [2.75, 3.05) is 31.1 Å². The number of hydrogen-bond donors (Lipinski definition) is 2. The summed E-state index contributed by atoms with van der Waals surface area (Å²) in [7, 11) is 0. The van der Waals surface area contributed by atoms with Crippen LogP contribution < -0.4 is 15.5 Å². The van der Waals surface area contributed by atoms with E-state index < -0.39 is 11.6 Å². The second kappa shape index (κ2) is 8.01. The van der Waals surface area contributed by atoms with Gasteiger partial charge in [-0.1, -0.05) is 6.92 Å². The van der Waals surface area contributed by atoms with Crippen LogP contribution in [-0.4, -0.2) is 38.0 Å². The lowest BCUT2D eigenvalue weighted by atomic mass is 10.1. The minimum absolute atomic E-state index is 0.0447. The maximum atomic E-state index is 13.3. The maximum absolute atomic E-state index is 13.3. The molecule has 142 valence electrons. The van der Waals surface area contributed by atoms with Crippen molar-refractivity contribution in [1.82, 2.24) is 10.6 Å². The summed E-state index contributed by atoms with van der Waals surface area (Å²) < 4.78 is 26.4. The quantitative estimate of drug-likeness (QED) is 0.778. The van der Waals surface area contributed by atoms with E-state index in [2.05, 4.69) is 10.6 Å². The monoisotopic (exact) mass is 365 g/mol. The van der Waals surface area contributed by atoms with E-state index in [4.69, 9.17) is 0 Å². The Morgan fingerprint density at radius 2 is 2.00 bits per heavy atom. The third kappa shape index (κ3) is 4.71. The van der Waals surface area contributed by atoms with Gasteiger partial charge in [0.15, 0.2) is 11.6 Å². The summed E-state index contributed by atoms with van der Waals surface area (Å²) in [6, 6.07) is 3.92. The van der Waals surface area contributed by atoms with Gasteiger partial charge in [-0.3, -0.25) is 9.59 Å². The second-order valence-corrected chi connectivity index (χ2v) is 7.36. The number of halogens is 2. The average Bonchev–Trinajstić information content (AvgIpc) is 3.16. The third-order valence-corrected chi connectivity index (χ3v) is 5.24. The van der Waals surface area contributed by atoms with E-state index in [-0.39, 0.29) is 30.1 Å². The average molecular weight is 365 g/mol. The maximum Gasteiger partial charge on any atom is 0.223 e. The molecule has 1 aromatic carbocycles. The van der Waals surface area contributed by atoms with E-state index in [9.17, 15) is 18.4 Å². The topological polar surface area (TPSA) is 61.4 Å². The van der Waals surface area contributed by atoms with Crippen molar-refractivity contribution < 1.29 is 18.4 Å². The summed E-state index contributed by atoms with van der Waals surface area (Å²) in [5, 5.41) is 5.69. The fourth-order valence-corrected chi connectivity index (χ4v) is 3.38. The molecule has 0 bridgehead atoms. The van der Waals surface area contributed by atoms with Crippen molar-refractivity contribution in [2.24, 2.45) is 17.8 Å². The molecule has 2 amide bonds. The number of nitrogens with zero attached hydrogens (tertiary/aromatic N) is 1. The Balaban J connectivity index is 1.34. The molecule has 2 aliphatic rings. The molecule has 0 spiro atoms. The van der Waals surface area contributed by atoms with Gasteiger partial charge >= 0.3 is 0 Å². The Hall–Kier alpha value is -2.18. The van der Waals surface area contributed by atoms with Crippen LogP contribution >= 0.6 is 0 Å². The Bertz CT molecular complexity index is 683. The standard InChI is InChI=1S/C19H25F2N3O2/c1-12-8-15(12)19(26)22-6-4-18(25)23-10-13-5-7-24(11-13)14-2-3-16(20)17(21)9-14/h2-3,9,12-13,15H,4-8,10-11H2,1H3,(H,22,26)(H,23,25). The summed E-state index contributed by atoms with van der Waals surface area (Å²) in [6.07, 6.45) is 2.09. The van der Waals surface area contributed by atoms with Crippen LogP contribution in [0.3, 0.4) is 0 Å². The predicted octanol–water partition coefficient (Wildman–Crippen LogP) is 2.07. The van der Waals surface area contributed by atoms with Gasteiger partial charge in [-0.05, 0) is 36.8 Å². The highest BCUT2D eigenvalue weighted by Gasteiger charge is 2.38. The first-order chi connectivity index (χ1) is 12.4. The number of rotatable bonds is 7. The van der Waals surface area contributed by atoms with Crippen LogP contribution in [0, 0.1) is 29.4 Å². The summed E-state index contributed by atoms with van der Waals surface area (Å²) >= 11 is 0. The van der Waals surface area contributed by atoms with Gasteiger partial charge in [0, 0.05) is 50.3 Å². The van der Waals surface area contributed by atoms with E-state index in [1.54, 1.807) is 6.07 Å². The summed E-state index contributed by atoms with van der Waals surface area (Å²) in [6.45, 7) is 4.40. The fourth-order valence-electron chi connectivity index (χ4n) is 3.38. The molecule has 1 saturated carbocycles. The van der Waals surface area contributed by atoms with E-state index >= 15 is 0 Å². The number of benzene rings is 1. The molecular formula is C19H25F2N3O2. The Labute approximate surface area is 152 Å². The largest absolute Gasteiger partial charge is 0.371 e. The molecule has 1 aliphatic heterocycles. The van der Waals surface area contributed by atoms with E-state index in [0.717, 1.165) is 25.5 Å². The smallest absolute Gasteiger partial charge is 0.223 e. The molecule has 7 heteroatoms. The van der Waals surface area contributed by atoms with Gasteiger partial charge in [0.2, 0.25) is 11.8 Å². The van der Waals surface area contributed by atoms with Gasteiger partial charge < -0.3 is 15.5 Å². The van der Waals surface area contributed by atoms with Crippen LogP contribution in [0.25, 0.3) is 0 Å². The third-order valence-electron chi connectivity index (χ3n) is 5.24. The molecule has 1 aromatic rings. The number of anilines is 1. The molecule has 2 fully saturated rings. The number of carbonyl (C=O) groups excluding carboxylic acids is 2. The zero-order valence-electron chi connectivity index (χ0n) is 14.9. The highest BCUT2D eigenvalue weighted by atomic mass is 19.2. The first-order valence-corrected chi connectivity index (χ1v) is 9.18. The van der Waals surface area contributed by atoms with Crippen molar-refractivity contribution in [2.45, 2.75) is 26.2 Å². The first kappa shape index (κ1) is 18.6. The van der Waals surface area contributed by atoms with Crippen LogP contribution in [0.2, 0.25) is 0 Å². The van der Waals surface area contributed by atoms with Gasteiger partial charge in [-0.25, -0.2) is 8.78 Å². The molecule has 0 radical (unpaired) electrons. The Morgan fingerprint density at radius 3 is 2.69 bits per heavy atom. The normalized spacial score (nSPS) is 24.4. The number of carbonyl (C=O) groups is 2. The number of nitrogens with one attached hydrogen (secondary N) is 2. The molecule has 3 unspecified atom stereocenters. The minimum Gasteiger partial charge on any atom is -0.371 e. The lowest BCUT2D eigenvalue weighted by Gasteiger charge is -2.19. The zero-order chi connectivity index (χ0) is 18.7. The van der Waals surface area contributed by atoms with E-state index in [1.165, 1.54) is 6.07 Å². The van der Waals surface area contributed by atoms with Gasteiger partial charge in [-0.15, -0.1) is 0 Å². The highest BCUT2D eigenvalue weighted by Crippen LogP contribution is 2.37. The first-order valence-electron chi connectivity index (χ1n) is 9.18. The van der Waals surface area contributed by atoms with Crippen LogP contribution in [0.4, 0.5) is 14.5 Å². The molecule has 3 rings (SSSR count). The van der Waals surface area contributed by atoms with Gasteiger partial charge in [-0.2, -0.15) is 0 Å². The Morgan fingerprint density at radius 1 is 1.23 bits per heavy atom. The Kier molecular flexibility index (Phi) is 5.74. The molecule has 1 aliphatic carbocycles. The van der Waals surface area contributed by atoms with Gasteiger partial charge in [0.05, 0.1) is 0 Å². The summed E-state index contributed by atoms with van der Waals surface area (Å²) in [5.74, 6) is -0.873. The number of amides is 2. The fraction of sp³-hybridized carbons (Fsp3) is 0.579. The van der Waals surface area contributed by atoms with Crippen molar-refractivity contribution in [1.29, 1.82) is 0 Å². The summed E-state index contributed by atoms with van der Waals surface area (Å²) in [5.41, 5.74) is 0.662. The number of hydrogen-bond acceptors (Lipinski definition) is 3. The van der Waals surface area contributed by atoms with Crippen LogP contribution in [-0.2, 0) is 9.59 Å². The SMILES string of the molecule is CC1CC1C(=O)NCCC(=O)NCC1CCN(c2ccc(F)c(F)c2)C1. The molecule has 0 aromatic heterocycles. The zero-order valence-corrected chi connectivity index (χ0v) is 14.9. The predicted molar refractivity (Wildman–Crippen MR) is 94.6 cm³/mol. The molecular weight excluding hydrogens is 340 g/mol. The lowest BCUT2D eigenvalue weighted by molar-refractivity contribution is -0.123. The molecule has 5 nitrogen and oxygen atoms in total. The van der Waals surface area contributed by atoms with Crippen molar-refractivity contribution in [3.05, 3.63) is 29.8 Å². The molecule has 26 heavy (non-hydrogen) atoms. The van der Waals surface area contributed by atoms with Crippen molar-refractivity contribution in [3.63, 3.8) is 0 Å². The second-order valence-electron chi connectivity index (χ2n) is 7.36. The van der Waals surface area contributed by atoms with Crippen LogP contribution in [0.1, 0.15) is 26.2 Å². The minimum atomic E-state index is -0.847. The van der Waals surface area contributed by atoms with Gasteiger partial charge in [0.1, 0.15) is 0 Å². The van der Waals surface area contributed by atoms with Crippen molar-refractivity contribution >= 4 is 17.5 Å². The molecule has 1 heterocycles. The van der Waals surface area contributed by atoms with E-state index in [0.29, 0.717) is 31.2 Å².